The molecule has 1 unspecified atom stereocenters. The van der Waals surface area contributed by atoms with E-state index in [9.17, 15) is 9.59 Å². The van der Waals surface area contributed by atoms with E-state index >= 15 is 0 Å². The number of hydrogen-bond donors (Lipinski definition) is 0. The van der Waals surface area contributed by atoms with Gasteiger partial charge in [-0.05, 0) is 19.4 Å². The van der Waals surface area contributed by atoms with Gasteiger partial charge in [-0.15, -0.1) is 11.3 Å². The van der Waals surface area contributed by atoms with Gasteiger partial charge in [0.15, 0.2) is 0 Å². The number of likely N-dealkylation sites (tertiary alicyclic amines) is 1. The third kappa shape index (κ3) is 3.23. The van der Waals surface area contributed by atoms with E-state index in [-0.39, 0.29) is 17.7 Å². The summed E-state index contributed by atoms with van der Waals surface area (Å²) in [7, 11) is 0. The Kier molecular flexibility index (Phi) is 4.48. The van der Waals surface area contributed by atoms with Crippen LogP contribution in [-0.4, -0.2) is 51.2 Å². The summed E-state index contributed by atoms with van der Waals surface area (Å²) in [5.74, 6) is 1.25. The predicted octanol–water partition coefficient (Wildman–Crippen LogP) is 2.38. The first-order chi connectivity index (χ1) is 12.5. The second-order valence-electron chi connectivity index (χ2n) is 7.07. The lowest BCUT2D eigenvalue weighted by atomic mass is 10.0. The molecular formula is C19H22N4O2S. The molecule has 0 bridgehead atoms. The molecule has 2 aliphatic rings. The molecule has 1 atom stereocenters. The molecule has 0 saturated carbocycles. The van der Waals surface area contributed by atoms with Crippen molar-refractivity contribution in [2.75, 3.05) is 19.6 Å². The fourth-order valence-corrected chi connectivity index (χ4v) is 4.37. The summed E-state index contributed by atoms with van der Waals surface area (Å²) in [5.41, 5.74) is 2.84. The summed E-state index contributed by atoms with van der Waals surface area (Å²) in [5, 5.41) is 1.92. The Bertz CT molecular complexity index is 863. The Hall–Kier alpha value is -2.28. The molecule has 0 aromatic carbocycles. The van der Waals surface area contributed by atoms with Crippen molar-refractivity contribution in [3.63, 3.8) is 0 Å². The highest BCUT2D eigenvalue weighted by Gasteiger charge is 2.29. The van der Waals surface area contributed by atoms with E-state index < -0.39 is 0 Å². The molecule has 6 nitrogen and oxygen atoms in total. The van der Waals surface area contributed by atoms with Crippen LogP contribution in [0.2, 0.25) is 0 Å². The van der Waals surface area contributed by atoms with Crippen LogP contribution in [0.1, 0.15) is 51.6 Å². The third-order valence-corrected chi connectivity index (χ3v) is 6.08. The molecular weight excluding hydrogens is 348 g/mol. The number of thiophene rings is 1. The van der Waals surface area contributed by atoms with Gasteiger partial charge < -0.3 is 9.80 Å². The van der Waals surface area contributed by atoms with Crippen molar-refractivity contribution < 1.29 is 9.59 Å². The molecule has 4 rings (SSSR count). The van der Waals surface area contributed by atoms with Crippen molar-refractivity contribution in [1.29, 1.82) is 0 Å². The van der Waals surface area contributed by atoms with Gasteiger partial charge in [0.2, 0.25) is 5.91 Å². The van der Waals surface area contributed by atoms with Crippen LogP contribution in [0.25, 0.3) is 0 Å². The molecule has 2 aromatic rings. The molecule has 0 N–H and O–H groups in total. The van der Waals surface area contributed by atoms with Crippen LogP contribution >= 0.6 is 11.3 Å². The standard InChI is InChI=1S/C19H22N4O2S/c1-12-7-15(11-26-12)19(25)23-6-4-17-16(10-23)8-20-18(21-17)14-3-5-22(9-14)13(2)24/h7-8,11,14H,3-6,9-10H2,1-2H3. The number of amides is 2. The highest BCUT2D eigenvalue weighted by Crippen LogP contribution is 2.27. The smallest absolute Gasteiger partial charge is 0.255 e. The maximum Gasteiger partial charge on any atom is 0.255 e. The number of carbonyl (C=O) groups is 2. The molecule has 1 fully saturated rings. The topological polar surface area (TPSA) is 66.4 Å². The monoisotopic (exact) mass is 370 g/mol. The van der Waals surface area contributed by atoms with Crippen molar-refractivity contribution in [2.24, 2.45) is 0 Å². The Labute approximate surface area is 156 Å². The van der Waals surface area contributed by atoms with E-state index in [1.165, 1.54) is 0 Å². The Morgan fingerprint density at radius 2 is 2.12 bits per heavy atom. The first-order valence-electron chi connectivity index (χ1n) is 8.96. The second-order valence-corrected chi connectivity index (χ2v) is 8.19. The van der Waals surface area contributed by atoms with Crippen molar-refractivity contribution in [3.8, 4) is 0 Å². The number of aromatic nitrogens is 2. The van der Waals surface area contributed by atoms with Crippen LogP contribution < -0.4 is 0 Å². The highest BCUT2D eigenvalue weighted by molar-refractivity contribution is 7.10. The zero-order valence-electron chi connectivity index (χ0n) is 15.1. The van der Waals surface area contributed by atoms with E-state index in [0.29, 0.717) is 19.6 Å². The number of hydrogen-bond acceptors (Lipinski definition) is 5. The summed E-state index contributed by atoms with van der Waals surface area (Å²) >= 11 is 1.60. The van der Waals surface area contributed by atoms with Crippen LogP contribution in [0.5, 0.6) is 0 Å². The Morgan fingerprint density at radius 1 is 1.27 bits per heavy atom. The molecule has 0 aliphatic carbocycles. The van der Waals surface area contributed by atoms with Crippen LogP contribution in [0.15, 0.2) is 17.6 Å². The average molecular weight is 370 g/mol. The van der Waals surface area contributed by atoms with Gasteiger partial charge in [0.25, 0.3) is 5.91 Å². The van der Waals surface area contributed by atoms with Crippen molar-refractivity contribution in [1.82, 2.24) is 19.8 Å². The number of nitrogens with zero attached hydrogens (tertiary/aromatic N) is 4. The number of rotatable bonds is 2. The molecule has 1 saturated heterocycles. The lowest BCUT2D eigenvalue weighted by molar-refractivity contribution is -0.127. The van der Waals surface area contributed by atoms with Gasteiger partial charge in [-0.1, -0.05) is 0 Å². The maximum atomic E-state index is 12.7. The van der Waals surface area contributed by atoms with Gasteiger partial charge in [-0.3, -0.25) is 9.59 Å². The average Bonchev–Trinajstić information content (AvgIpc) is 3.29. The molecule has 0 radical (unpaired) electrons. The molecule has 0 spiro atoms. The van der Waals surface area contributed by atoms with Gasteiger partial charge in [-0.2, -0.15) is 0 Å². The van der Waals surface area contributed by atoms with Crippen molar-refractivity contribution >= 4 is 23.2 Å². The van der Waals surface area contributed by atoms with E-state index in [4.69, 9.17) is 4.98 Å². The summed E-state index contributed by atoms with van der Waals surface area (Å²) < 4.78 is 0. The maximum absolute atomic E-state index is 12.7. The van der Waals surface area contributed by atoms with E-state index in [0.717, 1.165) is 46.9 Å². The SMILES string of the molecule is CC(=O)N1CCC(c2ncc3c(n2)CCN(C(=O)c2csc(C)c2)C3)C1. The molecule has 4 heterocycles. The van der Waals surface area contributed by atoms with Crippen molar-refractivity contribution in [2.45, 2.75) is 39.2 Å². The van der Waals surface area contributed by atoms with Gasteiger partial charge in [0.1, 0.15) is 5.82 Å². The molecule has 2 aliphatic heterocycles. The van der Waals surface area contributed by atoms with Crippen LogP contribution in [0.3, 0.4) is 0 Å². The van der Waals surface area contributed by atoms with Crippen LogP contribution in [-0.2, 0) is 17.8 Å². The third-order valence-electron chi connectivity index (χ3n) is 5.22. The fraction of sp³-hybridized carbons (Fsp3) is 0.474. The predicted molar refractivity (Wildman–Crippen MR) is 99.1 cm³/mol. The van der Waals surface area contributed by atoms with Crippen LogP contribution in [0, 0.1) is 6.92 Å². The molecule has 2 amide bonds. The molecule has 136 valence electrons. The molecule has 26 heavy (non-hydrogen) atoms. The highest BCUT2D eigenvalue weighted by atomic mass is 32.1. The fourth-order valence-electron chi connectivity index (χ4n) is 3.70. The van der Waals surface area contributed by atoms with E-state index in [1.807, 2.05) is 34.4 Å². The van der Waals surface area contributed by atoms with Crippen LogP contribution in [0.4, 0.5) is 0 Å². The largest absolute Gasteiger partial charge is 0.342 e. The first kappa shape index (κ1) is 17.1. The van der Waals surface area contributed by atoms with Crippen molar-refractivity contribution in [3.05, 3.63) is 45.2 Å². The molecule has 2 aromatic heterocycles. The minimum Gasteiger partial charge on any atom is -0.342 e. The zero-order valence-corrected chi connectivity index (χ0v) is 15.9. The number of aryl methyl sites for hydroxylation is 1. The minimum atomic E-state index is 0.0805. The number of carbonyl (C=O) groups excluding carboxylic acids is 2. The lowest BCUT2D eigenvalue weighted by Crippen LogP contribution is -2.36. The normalized spacial score (nSPS) is 19.5. The summed E-state index contributed by atoms with van der Waals surface area (Å²) in [6.45, 7) is 6.35. The summed E-state index contributed by atoms with van der Waals surface area (Å²) in [4.78, 5) is 38.4. The molecule has 7 heteroatoms. The number of fused-ring (bicyclic) bond motifs is 1. The van der Waals surface area contributed by atoms with Gasteiger partial charge >= 0.3 is 0 Å². The minimum absolute atomic E-state index is 0.0805. The van der Waals surface area contributed by atoms with Gasteiger partial charge in [0.05, 0.1) is 11.3 Å². The van der Waals surface area contributed by atoms with E-state index in [1.54, 1.807) is 18.3 Å². The quantitative estimate of drug-likeness (QED) is 0.814. The second kappa shape index (κ2) is 6.79. The zero-order chi connectivity index (χ0) is 18.3. The Balaban J connectivity index is 1.48. The first-order valence-corrected chi connectivity index (χ1v) is 9.84. The lowest BCUT2D eigenvalue weighted by Gasteiger charge is -2.28. The van der Waals surface area contributed by atoms with E-state index in [2.05, 4.69) is 4.98 Å². The summed E-state index contributed by atoms with van der Waals surface area (Å²) in [6.07, 6.45) is 3.54. The van der Waals surface area contributed by atoms with Gasteiger partial charge in [-0.25, -0.2) is 9.97 Å². The van der Waals surface area contributed by atoms with Gasteiger partial charge in [0, 0.05) is 67.5 Å². The summed E-state index contributed by atoms with van der Waals surface area (Å²) in [6, 6.07) is 1.95. The Morgan fingerprint density at radius 3 is 2.81 bits per heavy atom.